The Hall–Kier alpha value is -1.33. The molecule has 0 bridgehead atoms. The third kappa shape index (κ3) is 2.85. The maximum absolute atomic E-state index is 12.8. The molecule has 3 heterocycles. The quantitative estimate of drug-likeness (QED) is 0.857. The van der Waals surface area contributed by atoms with E-state index in [0.29, 0.717) is 31.9 Å². The van der Waals surface area contributed by atoms with Crippen LogP contribution in [-0.4, -0.2) is 48.8 Å². The van der Waals surface area contributed by atoms with Crippen molar-refractivity contribution >= 4 is 5.91 Å². The van der Waals surface area contributed by atoms with Crippen molar-refractivity contribution < 1.29 is 18.7 Å². The molecule has 2 atom stereocenters. The Morgan fingerprint density at radius 3 is 3.10 bits per heavy atom. The van der Waals surface area contributed by atoms with Gasteiger partial charge in [0.1, 0.15) is 11.4 Å². The number of nitrogens with zero attached hydrogens (tertiary/aromatic N) is 1. The smallest absolute Gasteiger partial charge is 0.257 e. The van der Waals surface area contributed by atoms with Crippen LogP contribution in [0.25, 0.3) is 0 Å². The highest BCUT2D eigenvalue weighted by molar-refractivity contribution is 5.95. The molecule has 0 N–H and O–H groups in total. The van der Waals surface area contributed by atoms with Crippen LogP contribution >= 0.6 is 0 Å². The van der Waals surface area contributed by atoms with Gasteiger partial charge < -0.3 is 18.8 Å². The van der Waals surface area contributed by atoms with Crippen LogP contribution in [0.4, 0.5) is 0 Å². The van der Waals surface area contributed by atoms with Crippen molar-refractivity contribution in [1.29, 1.82) is 0 Å². The molecule has 2 aliphatic rings. The van der Waals surface area contributed by atoms with E-state index in [9.17, 15) is 4.79 Å². The predicted molar refractivity (Wildman–Crippen MR) is 77.3 cm³/mol. The summed E-state index contributed by atoms with van der Waals surface area (Å²) in [6, 6.07) is 1.78. The molecule has 1 amide bonds. The highest BCUT2D eigenvalue weighted by atomic mass is 16.6. The summed E-state index contributed by atoms with van der Waals surface area (Å²) in [5.41, 5.74) is 0.377. The summed E-state index contributed by atoms with van der Waals surface area (Å²) in [5, 5.41) is 0. The average molecular weight is 293 g/mol. The Kier molecular flexibility index (Phi) is 4.04. The van der Waals surface area contributed by atoms with E-state index in [2.05, 4.69) is 6.92 Å². The normalized spacial score (nSPS) is 29.2. The summed E-state index contributed by atoms with van der Waals surface area (Å²) >= 11 is 0. The molecule has 116 valence electrons. The maximum Gasteiger partial charge on any atom is 0.257 e. The molecular formula is C16H23NO4. The maximum atomic E-state index is 12.8. The monoisotopic (exact) mass is 293 g/mol. The summed E-state index contributed by atoms with van der Waals surface area (Å²) in [6.45, 7) is 6.61. The highest BCUT2D eigenvalue weighted by Gasteiger charge is 2.44. The highest BCUT2D eigenvalue weighted by Crippen LogP contribution is 2.31. The summed E-state index contributed by atoms with van der Waals surface area (Å²) in [4.78, 5) is 14.7. The van der Waals surface area contributed by atoms with Crippen molar-refractivity contribution in [3.05, 3.63) is 23.7 Å². The lowest BCUT2D eigenvalue weighted by atomic mass is 9.98. The summed E-state index contributed by atoms with van der Waals surface area (Å²) in [6.07, 6.45) is 4.25. The van der Waals surface area contributed by atoms with E-state index in [4.69, 9.17) is 13.9 Å². The number of ether oxygens (including phenoxy) is 2. The van der Waals surface area contributed by atoms with Crippen molar-refractivity contribution in [3.63, 3.8) is 0 Å². The zero-order valence-electron chi connectivity index (χ0n) is 12.8. The van der Waals surface area contributed by atoms with E-state index in [-0.39, 0.29) is 17.6 Å². The second kappa shape index (κ2) is 5.81. The zero-order chi connectivity index (χ0) is 14.9. The van der Waals surface area contributed by atoms with Gasteiger partial charge in [0.25, 0.3) is 5.91 Å². The van der Waals surface area contributed by atoms with Gasteiger partial charge in [0.15, 0.2) is 0 Å². The zero-order valence-corrected chi connectivity index (χ0v) is 12.8. The van der Waals surface area contributed by atoms with E-state index in [1.807, 2.05) is 11.8 Å². The molecule has 2 saturated heterocycles. The van der Waals surface area contributed by atoms with Crippen LogP contribution in [-0.2, 0) is 15.9 Å². The van der Waals surface area contributed by atoms with Crippen LogP contribution in [0.3, 0.4) is 0 Å². The molecule has 21 heavy (non-hydrogen) atoms. The van der Waals surface area contributed by atoms with E-state index >= 15 is 0 Å². The van der Waals surface area contributed by atoms with E-state index in [1.165, 1.54) is 0 Å². The summed E-state index contributed by atoms with van der Waals surface area (Å²) < 4.78 is 17.0. The Balaban J connectivity index is 1.78. The number of hydrogen-bond donors (Lipinski definition) is 0. The van der Waals surface area contributed by atoms with Crippen molar-refractivity contribution in [3.8, 4) is 0 Å². The Morgan fingerprint density at radius 1 is 1.52 bits per heavy atom. The molecule has 0 unspecified atom stereocenters. The first-order valence-electron chi connectivity index (χ1n) is 7.75. The molecule has 1 aromatic heterocycles. The minimum absolute atomic E-state index is 0.0333. The van der Waals surface area contributed by atoms with Gasteiger partial charge in [0, 0.05) is 26.0 Å². The van der Waals surface area contributed by atoms with Crippen LogP contribution in [0.2, 0.25) is 0 Å². The number of carbonyl (C=O) groups excluding carboxylic acids is 1. The number of aryl methyl sites for hydroxylation is 1. The van der Waals surface area contributed by atoms with Crippen molar-refractivity contribution in [2.75, 3.05) is 26.3 Å². The van der Waals surface area contributed by atoms with Crippen LogP contribution < -0.4 is 0 Å². The molecule has 2 fully saturated rings. The predicted octanol–water partition coefficient (Wildman–Crippen LogP) is 2.25. The third-order valence-corrected chi connectivity index (χ3v) is 4.21. The van der Waals surface area contributed by atoms with Crippen LogP contribution in [0.1, 0.15) is 42.8 Å². The van der Waals surface area contributed by atoms with E-state index < -0.39 is 0 Å². The number of furan rings is 1. The Bertz CT molecular complexity index is 504. The molecular weight excluding hydrogens is 270 g/mol. The molecule has 0 aliphatic carbocycles. The van der Waals surface area contributed by atoms with Crippen LogP contribution in [0.15, 0.2) is 16.7 Å². The molecule has 5 nitrogen and oxygen atoms in total. The standard InChI is InChI=1S/C16H23NO4/c1-3-4-14-13(5-7-20-14)15(18)17-9-12(2)21-16(10-17)6-8-19-11-16/h5,7,12H,3-4,6,8-11H2,1-2H3/t12-,16+/m0/s1. The van der Waals surface area contributed by atoms with Gasteiger partial charge in [-0.1, -0.05) is 6.92 Å². The molecule has 1 aromatic rings. The number of morpholine rings is 1. The van der Waals surface area contributed by atoms with E-state index in [1.54, 1.807) is 12.3 Å². The third-order valence-electron chi connectivity index (χ3n) is 4.21. The largest absolute Gasteiger partial charge is 0.469 e. The lowest BCUT2D eigenvalue weighted by Gasteiger charge is -2.42. The van der Waals surface area contributed by atoms with Gasteiger partial charge in [-0.05, 0) is 19.4 Å². The lowest BCUT2D eigenvalue weighted by Crippen LogP contribution is -2.57. The summed E-state index contributed by atoms with van der Waals surface area (Å²) in [5.74, 6) is 0.840. The fourth-order valence-corrected chi connectivity index (χ4v) is 3.31. The molecule has 1 spiro atoms. The minimum Gasteiger partial charge on any atom is -0.469 e. The molecule has 3 rings (SSSR count). The van der Waals surface area contributed by atoms with Gasteiger partial charge in [0.2, 0.25) is 0 Å². The van der Waals surface area contributed by atoms with Gasteiger partial charge in [-0.25, -0.2) is 0 Å². The van der Waals surface area contributed by atoms with Crippen molar-refractivity contribution in [2.24, 2.45) is 0 Å². The minimum atomic E-state index is -0.317. The Morgan fingerprint density at radius 2 is 2.38 bits per heavy atom. The number of carbonyl (C=O) groups is 1. The summed E-state index contributed by atoms with van der Waals surface area (Å²) in [7, 11) is 0. The molecule has 2 aliphatic heterocycles. The lowest BCUT2D eigenvalue weighted by molar-refractivity contribution is -0.138. The van der Waals surface area contributed by atoms with Crippen LogP contribution in [0.5, 0.6) is 0 Å². The molecule has 0 radical (unpaired) electrons. The average Bonchev–Trinajstić information content (AvgIpc) is 3.07. The first-order chi connectivity index (χ1) is 10.1. The van der Waals surface area contributed by atoms with Crippen LogP contribution in [0, 0.1) is 0 Å². The SMILES string of the molecule is CCCc1occc1C(=O)N1C[C@H](C)O[C@]2(CCOC2)C1. The molecule has 0 aromatic carbocycles. The second-order valence-electron chi connectivity index (χ2n) is 6.11. The van der Waals surface area contributed by atoms with Crippen molar-refractivity contribution in [2.45, 2.75) is 44.8 Å². The first kappa shape index (κ1) is 14.6. The number of hydrogen-bond acceptors (Lipinski definition) is 4. The fraction of sp³-hybridized carbons (Fsp3) is 0.688. The van der Waals surface area contributed by atoms with E-state index in [0.717, 1.165) is 25.0 Å². The molecule has 0 saturated carbocycles. The number of rotatable bonds is 3. The fourth-order valence-electron chi connectivity index (χ4n) is 3.31. The second-order valence-corrected chi connectivity index (χ2v) is 6.11. The van der Waals surface area contributed by atoms with Gasteiger partial charge >= 0.3 is 0 Å². The first-order valence-corrected chi connectivity index (χ1v) is 7.75. The number of amides is 1. The topological polar surface area (TPSA) is 51.9 Å². The van der Waals surface area contributed by atoms with Gasteiger partial charge in [0.05, 0.1) is 31.1 Å². The van der Waals surface area contributed by atoms with Gasteiger partial charge in [-0.2, -0.15) is 0 Å². The van der Waals surface area contributed by atoms with Crippen molar-refractivity contribution in [1.82, 2.24) is 4.90 Å². The Labute approximate surface area is 125 Å². The van der Waals surface area contributed by atoms with Gasteiger partial charge in [-0.15, -0.1) is 0 Å². The molecule has 5 heteroatoms. The van der Waals surface area contributed by atoms with Gasteiger partial charge in [-0.3, -0.25) is 4.79 Å².